The molecule has 1 aliphatic rings. The second-order valence-electron chi connectivity index (χ2n) is 7.49. The van der Waals surface area contributed by atoms with Crippen LogP contribution in [0.3, 0.4) is 0 Å². The van der Waals surface area contributed by atoms with Crippen LogP contribution in [0.25, 0.3) is 27.7 Å². The smallest absolute Gasteiger partial charge is 0.312 e. The molecule has 0 saturated heterocycles. The van der Waals surface area contributed by atoms with E-state index >= 15 is 4.39 Å². The minimum absolute atomic E-state index is 0.0783. The molecule has 170 valence electrons. The fourth-order valence-corrected chi connectivity index (χ4v) is 4.10. The van der Waals surface area contributed by atoms with Crippen LogP contribution < -0.4 is 10.2 Å². The summed E-state index contributed by atoms with van der Waals surface area (Å²) in [7, 11) is 0. The van der Waals surface area contributed by atoms with E-state index < -0.39 is 34.7 Å². The van der Waals surface area contributed by atoms with Gasteiger partial charge in [-0.2, -0.15) is 18.3 Å². The van der Waals surface area contributed by atoms with Gasteiger partial charge in [0.05, 0.1) is 22.9 Å². The van der Waals surface area contributed by atoms with Gasteiger partial charge in [-0.15, -0.1) is 0 Å². The number of rotatable bonds is 5. The summed E-state index contributed by atoms with van der Waals surface area (Å²) in [6.07, 6.45) is 0.304. The lowest BCUT2D eigenvalue weighted by Crippen LogP contribution is -2.43. The topological polar surface area (TPSA) is 95.4 Å². The number of amides is 2. The van der Waals surface area contributed by atoms with Crippen molar-refractivity contribution >= 4 is 52.0 Å². The largest absolute Gasteiger partial charge is 0.471 e. The van der Waals surface area contributed by atoms with Crippen molar-refractivity contribution in [3.8, 4) is 11.1 Å². The molecule has 0 spiro atoms. The summed E-state index contributed by atoms with van der Waals surface area (Å²) in [6.45, 7) is 0. The van der Waals surface area contributed by atoms with Crippen LogP contribution in [0.15, 0.2) is 30.7 Å². The van der Waals surface area contributed by atoms with Gasteiger partial charge in [0.2, 0.25) is 6.41 Å². The van der Waals surface area contributed by atoms with Crippen molar-refractivity contribution in [1.82, 2.24) is 19.6 Å². The molecule has 1 saturated carbocycles. The first-order valence-electron chi connectivity index (χ1n) is 9.64. The quantitative estimate of drug-likeness (QED) is 0.329. The number of H-pyrrole nitrogens is 1. The Bertz CT molecular complexity index is 1430. The third-order valence-corrected chi connectivity index (χ3v) is 5.68. The van der Waals surface area contributed by atoms with Gasteiger partial charge < -0.3 is 9.72 Å². The van der Waals surface area contributed by atoms with Crippen LogP contribution in [0, 0.1) is 5.82 Å². The highest BCUT2D eigenvalue weighted by Crippen LogP contribution is 2.46. The monoisotopic (exact) mass is 480 g/mol. The summed E-state index contributed by atoms with van der Waals surface area (Å²) in [6, 6.07) is 2.41. The Balaban J connectivity index is 1.71. The molecule has 0 bridgehead atoms. The molecule has 1 aromatic carbocycles. The Morgan fingerprint density at radius 2 is 2.06 bits per heavy atom. The lowest BCUT2D eigenvalue weighted by atomic mass is 10.0. The molecule has 1 fully saturated rings. The highest BCUT2D eigenvalue weighted by atomic mass is 35.5. The molecule has 3 heterocycles. The Labute approximate surface area is 187 Å². The number of carbonyl (C=O) groups excluding carboxylic acids is 2. The summed E-state index contributed by atoms with van der Waals surface area (Å²) in [5.41, 5.74) is 0.417. The zero-order chi connectivity index (χ0) is 23.5. The average Bonchev–Trinajstić information content (AvgIpc) is 3.33. The number of nitrogens with one attached hydrogen (secondary N) is 2. The second-order valence-corrected chi connectivity index (χ2v) is 7.86. The number of nitrogens with zero attached hydrogens (tertiary/aromatic N) is 4. The average molecular weight is 481 g/mol. The lowest BCUT2D eigenvalue weighted by Gasteiger charge is -2.25. The van der Waals surface area contributed by atoms with E-state index in [2.05, 4.69) is 20.5 Å². The molecular formula is C20H13ClF4N6O2. The van der Waals surface area contributed by atoms with Crippen molar-refractivity contribution in [2.45, 2.75) is 25.1 Å². The number of hydrogen-bond donors (Lipinski definition) is 2. The SMILES string of the molecule is O=CNc1cn2cc(-c3c(Cl)c(F)c(N(C(=O)C(F)(F)F)C4CC4)c4[nH]ncc34)ccc2n1. The third kappa shape index (κ3) is 3.46. The Hall–Kier alpha value is -3.67. The van der Waals surface area contributed by atoms with Gasteiger partial charge in [0.15, 0.2) is 11.6 Å². The number of aromatic nitrogens is 4. The number of halogens is 5. The first kappa shape index (κ1) is 21.2. The molecule has 13 heteroatoms. The van der Waals surface area contributed by atoms with Gasteiger partial charge in [0, 0.05) is 28.8 Å². The molecule has 8 nitrogen and oxygen atoms in total. The highest BCUT2D eigenvalue weighted by molar-refractivity contribution is 6.36. The summed E-state index contributed by atoms with van der Waals surface area (Å²) < 4.78 is 56.9. The molecule has 2 N–H and O–H groups in total. The van der Waals surface area contributed by atoms with Gasteiger partial charge in [-0.3, -0.25) is 19.6 Å². The van der Waals surface area contributed by atoms with Gasteiger partial charge in [0.1, 0.15) is 11.3 Å². The Morgan fingerprint density at radius 3 is 2.73 bits per heavy atom. The molecule has 5 rings (SSSR count). The zero-order valence-electron chi connectivity index (χ0n) is 16.5. The summed E-state index contributed by atoms with van der Waals surface area (Å²) >= 11 is 6.34. The van der Waals surface area contributed by atoms with E-state index in [0.717, 1.165) is 0 Å². The Kier molecular flexibility index (Phi) is 4.78. The molecule has 4 aromatic rings. The summed E-state index contributed by atoms with van der Waals surface area (Å²) in [4.78, 5) is 27.4. The minimum Gasteiger partial charge on any atom is -0.312 e. The van der Waals surface area contributed by atoms with Crippen molar-refractivity contribution in [2.75, 3.05) is 10.2 Å². The van der Waals surface area contributed by atoms with Gasteiger partial charge in [0.25, 0.3) is 0 Å². The van der Waals surface area contributed by atoms with E-state index in [-0.39, 0.29) is 22.3 Å². The van der Waals surface area contributed by atoms with E-state index in [1.54, 1.807) is 22.7 Å². The molecule has 0 unspecified atom stereocenters. The van der Waals surface area contributed by atoms with E-state index in [4.69, 9.17) is 11.6 Å². The Morgan fingerprint density at radius 1 is 1.30 bits per heavy atom. The molecule has 33 heavy (non-hydrogen) atoms. The molecule has 0 atom stereocenters. The second kappa shape index (κ2) is 7.44. The molecule has 3 aromatic heterocycles. The number of anilines is 2. The molecular weight excluding hydrogens is 468 g/mol. The van der Waals surface area contributed by atoms with Crippen molar-refractivity contribution < 1.29 is 27.2 Å². The number of alkyl halides is 3. The van der Waals surface area contributed by atoms with Gasteiger partial charge in [-0.05, 0) is 25.0 Å². The first-order valence-corrected chi connectivity index (χ1v) is 10.0. The number of imidazole rings is 1. The lowest BCUT2D eigenvalue weighted by molar-refractivity contribution is -0.170. The maximum atomic E-state index is 15.6. The fraction of sp³-hybridized carbons (Fsp3) is 0.200. The van der Waals surface area contributed by atoms with Gasteiger partial charge >= 0.3 is 12.1 Å². The van der Waals surface area contributed by atoms with E-state index in [9.17, 15) is 22.8 Å². The van der Waals surface area contributed by atoms with Crippen molar-refractivity contribution in [3.05, 3.63) is 41.6 Å². The normalized spacial score (nSPS) is 14.1. The van der Waals surface area contributed by atoms with Crippen LogP contribution in [-0.4, -0.2) is 44.1 Å². The maximum absolute atomic E-state index is 15.6. The highest BCUT2D eigenvalue weighted by Gasteiger charge is 2.49. The first-order chi connectivity index (χ1) is 15.7. The van der Waals surface area contributed by atoms with Crippen LogP contribution in [0.5, 0.6) is 0 Å². The number of pyridine rings is 1. The molecule has 0 radical (unpaired) electrons. The standard InChI is InChI=1S/C20H13ClF4N6O2/c21-15-14(9-1-4-13-28-12(26-8-32)7-30(13)6-9)11-5-27-29-17(11)18(16(15)22)31(10-2-3-10)19(33)20(23,24)25/h1,4-8,10H,2-3H2,(H,26,32)(H,27,29). The number of fused-ring (bicyclic) bond motifs is 2. The van der Waals surface area contributed by atoms with Crippen LogP contribution >= 0.6 is 11.6 Å². The van der Waals surface area contributed by atoms with Crippen LogP contribution in [0.4, 0.5) is 29.1 Å². The van der Waals surface area contributed by atoms with Crippen LogP contribution in [0.1, 0.15) is 12.8 Å². The van der Waals surface area contributed by atoms with E-state index in [1.165, 1.54) is 12.4 Å². The molecule has 1 aliphatic carbocycles. The maximum Gasteiger partial charge on any atom is 0.471 e. The summed E-state index contributed by atoms with van der Waals surface area (Å²) in [5.74, 6) is -3.05. The van der Waals surface area contributed by atoms with Gasteiger partial charge in [-0.25, -0.2) is 9.37 Å². The van der Waals surface area contributed by atoms with Gasteiger partial charge in [-0.1, -0.05) is 11.6 Å². The molecule has 2 amide bonds. The zero-order valence-corrected chi connectivity index (χ0v) is 17.2. The fourth-order valence-electron chi connectivity index (χ4n) is 3.80. The van der Waals surface area contributed by atoms with Crippen molar-refractivity contribution in [2.24, 2.45) is 0 Å². The predicted molar refractivity (Wildman–Crippen MR) is 111 cm³/mol. The van der Waals surface area contributed by atoms with Crippen LogP contribution in [-0.2, 0) is 9.59 Å². The summed E-state index contributed by atoms with van der Waals surface area (Å²) in [5, 5.41) is 8.59. The third-order valence-electron chi connectivity index (χ3n) is 5.33. The van der Waals surface area contributed by atoms with Crippen LogP contribution in [0.2, 0.25) is 5.02 Å². The predicted octanol–water partition coefficient (Wildman–Crippen LogP) is 4.30. The number of hydrogen-bond acceptors (Lipinski definition) is 4. The minimum atomic E-state index is -5.19. The van der Waals surface area contributed by atoms with Crippen molar-refractivity contribution in [3.63, 3.8) is 0 Å². The van der Waals surface area contributed by atoms with E-state index in [1.807, 2.05) is 0 Å². The van der Waals surface area contributed by atoms with Crippen molar-refractivity contribution in [1.29, 1.82) is 0 Å². The van der Waals surface area contributed by atoms with E-state index in [0.29, 0.717) is 35.4 Å². The number of benzene rings is 1. The molecule has 0 aliphatic heterocycles. The number of aromatic amines is 1. The number of carbonyl (C=O) groups is 2.